The molecular formula is C42H66N2Pd. The Hall–Kier alpha value is -1.82. The van der Waals surface area contributed by atoms with Crippen LogP contribution in [0.4, 0.5) is 0 Å². The molecule has 0 spiro atoms. The van der Waals surface area contributed by atoms with Gasteiger partial charge in [-0.15, -0.1) is 0 Å². The van der Waals surface area contributed by atoms with Crippen molar-refractivity contribution in [3.8, 4) is 0 Å². The summed E-state index contributed by atoms with van der Waals surface area (Å²) in [6.45, 7) is 11.3. The monoisotopic (exact) mass is 704 g/mol. The van der Waals surface area contributed by atoms with Gasteiger partial charge in [-0.2, -0.15) is 0 Å². The molecule has 0 aromatic heterocycles. The van der Waals surface area contributed by atoms with Crippen LogP contribution in [-0.4, -0.2) is 4.70 Å². The van der Waals surface area contributed by atoms with Crippen LogP contribution >= 0.6 is 0 Å². The number of aryl methyl sites for hydroxylation is 2. The molecule has 0 unspecified atom stereocenters. The van der Waals surface area contributed by atoms with Crippen molar-refractivity contribution in [2.75, 3.05) is 0 Å². The van der Waals surface area contributed by atoms with Crippen molar-refractivity contribution in [1.29, 1.82) is 0 Å². The van der Waals surface area contributed by atoms with E-state index >= 15 is 0 Å². The SMILES string of the molecule is CCCCCCCCCCC1=C(c2cccc(CCCC)c2)[N+](=[N-])C(c2cccc(CCCC)c2)=C1.CCC[CH2][Pd][CH2]CCC. The Bertz CT molecular complexity index is 1140. The van der Waals surface area contributed by atoms with Crippen molar-refractivity contribution in [1.82, 2.24) is 0 Å². The van der Waals surface area contributed by atoms with E-state index in [4.69, 9.17) is 0 Å². The van der Waals surface area contributed by atoms with Gasteiger partial charge in [0.15, 0.2) is 0 Å². The maximum atomic E-state index is 11.5. The van der Waals surface area contributed by atoms with Crippen LogP contribution in [0.3, 0.4) is 0 Å². The second-order valence-electron chi connectivity index (χ2n) is 12.7. The fraction of sp³-hybridized carbons (Fsp3) is 0.619. The predicted octanol–water partition coefficient (Wildman–Crippen LogP) is 14.2. The maximum absolute atomic E-state index is 11.5. The van der Waals surface area contributed by atoms with Crippen molar-refractivity contribution in [3.63, 3.8) is 0 Å². The van der Waals surface area contributed by atoms with E-state index < -0.39 is 0 Å². The fourth-order valence-electron chi connectivity index (χ4n) is 5.69. The van der Waals surface area contributed by atoms with Gasteiger partial charge in [-0.05, 0) is 73.9 Å². The summed E-state index contributed by atoms with van der Waals surface area (Å²) in [4.78, 5) is 3.01. The molecule has 2 aromatic carbocycles. The Morgan fingerprint density at radius 2 is 1.02 bits per heavy atom. The average Bonchev–Trinajstić information content (AvgIpc) is 3.40. The number of hydrogen-bond donors (Lipinski definition) is 0. The van der Waals surface area contributed by atoms with E-state index in [0.29, 0.717) is 0 Å². The normalized spacial score (nSPS) is 12.9. The molecule has 3 rings (SSSR count). The number of allylic oxidation sites excluding steroid dienone is 2. The van der Waals surface area contributed by atoms with Crippen molar-refractivity contribution in [2.45, 2.75) is 166 Å². The molecule has 0 aliphatic carbocycles. The van der Waals surface area contributed by atoms with Crippen LogP contribution in [-0.2, 0) is 30.8 Å². The van der Waals surface area contributed by atoms with Crippen LogP contribution in [0.15, 0.2) is 60.2 Å². The molecule has 2 nitrogen and oxygen atoms in total. The molecule has 0 radical (unpaired) electrons. The number of rotatable bonds is 23. The first-order valence-electron chi connectivity index (χ1n) is 18.7. The molecule has 0 bridgehead atoms. The van der Waals surface area contributed by atoms with Gasteiger partial charge in [-0.1, -0.05) is 103 Å². The molecule has 0 saturated carbocycles. The third-order valence-corrected chi connectivity index (χ3v) is 10.8. The molecule has 254 valence electrons. The van der Waals surface area contributed by atoms with Gasteiger partial charge < -0.3 is 5.53 Å². The van der Waals surface area contributed by atoms with Crippen molar-refractivity contribution in [2.24, 2.45) is 0 Å². The Labute approximate surface area is 287 Å². The molecule has 0 amide bonds. The minimum atomic E-state index is 0.914. The molecule has 1 aliphatic heterocycles. The summed E-state index contributed by atoms with van der Waals surface area (Å²) < 4.78 is 1.47. The second-order valence-corrected chi connectivity index (χ2v) is 15.1. The van der Waals surface area contributed by atoms with E-state index in [1.807, 2.05) is 0 Å². The molecule has 0 saturated heterocycles. The van der Waals surface area contributed by atoms with Gasteiger partial charge in [-0.3, -0.25) is 0 Å². The number of benzene rings is 2. The van der Waals surface area contributed by atoms with Gasteiger partial charge in [0, 0.05) is 22.8 Å². The first-order valence-corrected chi connectivity index (χ1v) is 20.9. The first-order chi connectivity index (χ1) is 22.1. The van der Waals surface area contributed by atoms with Crippen molar-refractivity contribution >= 4 is 11.4 Å². The Balaban J connectivity index is 0.000000681. The molecule has 0 atom stereocenters. The first kappa shape index (κ1) is 39.4. The molecule has 0 N–H and O–H groups in total. The summed E-state index contributed by atoms with van der Waals surface area (Å²) in [6, 6.07) is 17.6. The number of unbranched alkanes of at least 4 members (excludes halogenated alkanes) is 11. The number of nitrogens with zero attached hydrogens (tertiary/aromatic N) is 2. The standard InChI is InChI=1S/C34H48N2.2C4H9.Pd/c1-4-7-10-11-12-13-14-15-22-32-27-33(30-23-16-20-28(25-30)18-8-5-2)36(35)34(32)31-24-17-21-29(26-31)19-9-6-3;2*1-3-4-2;/h16-17,20-21,23-27H,4-15,18-19,22H2,1-3H3;2*1,3-4H2,2H3;. The second kappa shape index (κ2) is 25.3. The van der Waals surface area contributed by atoms with Crippen molar-refractivity contribution < 1.29 is 22.7 Å². The molecular weight excluding hydrogens is 639 g/mol. The van der Waals surface area contributed by atoms with Crippen molar-refractivity contribution in [3.05, 3.63) is 88.0 Å². The van der Waals surface area contributed by atoms with Gasteiger partial charge >= 0.3 is 67.3 Å². The van der Waals surface area contributed by atoms with Crippen LogP contribution in [0.2, 0.25) is 9.79 Å². The molecule has 1 aliphatic rings. The average molecular weight is 705 g/mol. The van der Waals surface area contributed by atoms with Crippen LogP contribution in [0.1, 0.15) is 166 Å². The minimum absolute atomic E-state index is 0.914. The predicted molar refractivity (Wildman–Crippen MR) is 195 cm³/mol. The van der Waals surface area contributed by atoms with Gasteiger partial charge in [0.1, 0.15) is 0 Å². The third kappa shape index (κ3) is 15.5. The zero-order valence-electron chi connectivity index (χ0n) is 29.8. The zero-order valence-corrected chi connectivity index (χ0v) is 31.3. The van der Waals surface area contributed by atoms with Gasteiger partial charge in [0.25, 0.3) is 0 Å². The van der Waals surface area contributed by atoms with Gasteiger partial charge in [0.05, 0.1) is 0 Å². The summed E-state index contributed by atoms with van der Waals surface area (Å²) in [5.74, 6) is 0. The van der Waals surface area contributed by atoms with E-state index in [2.05, 4.69) is 89.2 Å². The Morgan fingerprint density at radius 3 is 1.58 bits per heavy atom. The van der Waals surface area contributed by atoms with E-state index in [1.54, 1.807) is 0 Å². The summed E-state index contributed by atoms with van der Waals surface area (Å²) >= 11 is 1.07. The third-order valence-electron chi connectivity index (χ3n) is 8.57. The Kier molecular flexibility index (Phi) is 22.1. The molecule has 1 heterocycles. The van der Waals surface area contributed by atoms with Crippen LogP contribution in [0.25, 0.3) is 16.9 Å². The number of hydrogen-bond acceptors (Lipinski definition) is 0. The summed E-state index contributed by atoms with van der Waals surface area (Å²) in [5.41, 5.74) is 19.6. The summed E-state index contributed by atoms with van der Waals surface area (Å²) in [6.07, 6.45) is 26.4. The van der Waals surface area contributed by atoms with E-state index in [-0.39, 0.29) is 0 Å². The van der Waals surface area contributed by atoms with Gasteiger partial charge in [-0.25, -0.2) is 4.70 Å². The zero-order chi connectivity index (χ0) is 32.5. The van der Waals surface area contributed by atoms with Crippen LogP contribution in [0.5, 0.6) is 0 Å². The van der Waals surface area contributed by atoms with Crippen LogP contribution < -0.4 is 0 Å². The molecule has 3 heteroatoms. The fourth-order valence-corrected chi connectivity index (χ4v) is 7.95. The van der Waals surface area contributed by atoms with E-state index in [9.17, 15) is 5.53 Å². The van der Waals surface area contributed by atoms with Gasteiger partial charge in [0.2, 0.25) is 11.4 Å². The van der Waals surface area contributed by atoms with Crippen LogP contribution in [0, 0.1) is 0 Å². The Morgan fingerprint density at radius 1 is 0.533 bits per heavy atom. The van der Waals surface area contributed by atoms with E-state index in [1.165, 1.54) is 134 Å². The molecule has 2 aromatic rings. The molecule has 45 heavy (non-hydrogen) atoms. The quantitative estimate of drug-likeness (QED) is 0.0625. The summed E-state index contributed by atoms with van der Waals surface area (Å²) in [5, 5.41) is 0. The van der Waals surface area contributed by atoms with E-state index in [0.717, 1.165) is 59.8 Å². The summed E-state index contributed by atoms with van der Waals surface area (Å²) in [7, 11) is 0. The topological polar surface area (TPSA) is 25.3 Å². The molecule has 0 fully saturated rings.